The lowest BCUT2D eigenvalue weighted by atomic mass is 10.0. The lowest BCUT2D eigenvalue weighted by molar-refractivity contribution is 0.414. The summed E-state index contributed by atoms with van der Waals surface area (Å²) in [6.45, 7) is 3.69. The molecule has 1 rings (SSSR count). The third kappa shape index (κ3) is 2.58. The number of hydrazine groups is 1. The van der Waals surface area contributed by atoms with Crippen molar-refractivity contribution in [3.05, 3.63) is 42.5 Å². The van der Waals surface area contributed by atoms with Gasteiger partial charge in [-0.2, -0.15) is 0 Å². The summed E-state index contributed by atoms with van der Waals surface area (Å²) in [5, 5.41) is 0. The SMILES string of the molecule is C=CCC(NN)c1ccc(OC)cc1. The van der Waals surface area contributed by atoms with Gasteiger partial charge in [-0.3, -0.25) is 11.3 Å². The monoisotopic (exact) mass is 192 g/mol. The first-order valence-electron chi connectivity index (χ1n) is 4.52. The van der Waals surface area contributed by atoms with E-state index in [2.05, 4.69) is 12.0 Å². The summed E-state index contributed by atoms with van der Waals surface area (Å²) in [4.78, 5) is 0. The molecule has 0 saturated heterocycles. The maximum Gasteiger partial charge on any atom is 0.118 e. The third-order valence-electron chi connectivity index (χ3n) is 2.12. The molecule has 3 nitrogen and oxygen atoms in total. The van der Waals surface area contributed by atoms with Gasteiger partial charge in [-0.1, -0.05) is 18.2 Å². The van der Waals surface area contributed by atoms with Crippen molar-refractivity contribution < 1.29 is 4.74 Å². The molecule has 0 aliphatic carbocycles. The van der Waals surface area contributed by atoms with Crippen molar-refractivity contribution in [2.75, 3.05) is 7.11 Å². The first kappa shape index (κ1) is 10.8. The third-order valence-corrected chi connectivity index (χ3v) is 2.12. The Morgan fingerprint density at radius 1 is 1.50 bits per heavy atom. The van der Waals surface area contributed by atoms with E-state index in [9.17, 15) is 0 Å². The summed E-state index contributed by atoms with van der Waals surface area (Å²) < 4.78 is 5.07. The largest absolute Gasteiger partial charge is 0.497 e. The molecule has 0 heterocycles. The Labute approximate surface area is 84.5 Å². The second kappa shape index (κ2) is 5.42. The average Bonchev–Trinajstić information content (AvgIpc) is 2.26. The molecule has 1 aromatic carbocycles. The van der Waals surface area contributed by atoms with Gasteiger partial charge in [-0.25, -0.2) is 0 Å². The Morgan fingerprint density at radius 2 is 2.14 bits per heavy atom. The number of hydrogen-bond acceptors (Lipinski definition) is 3. The normalized spacial score (nSPS) is 12.1. The van der Waals surface area contributed by atoms with E-state index in [-0.39, 0.29) is 6.04 Å². The van der Waals surface area contributed by atoms with Gasteiger partial charge in [0.25, 0.3) is 0 Å². The molecule has 0 radical (unpaired) electrons. The van der Waals surface area contributed by atoms with Crippen LogP contribution in [0.5, 0.6) is 5.75 Å². The standard InChI is InChI=1S/C11H16N2O/c1-3-4-11(13-12)9-5-7-10(14-2)8-6-9/h3,5-8,11,13H,1,4,12H2,2H3. The molecular formula is C11H16N2O. The van der Waals surface area contributed by atoms with Crippen LogP contribution < -0.4 is 16.0 Å². The van der Waals surface area contributed by atoms with Gasteiger partial charge in [0.15, 0.2) is 0 Å². The fraction of sp³-hybridized carbons (Fsp3) is 0.273. The van der Waals surface area contributed by atoms with Crippen molar-refractivity contribution in [2.45, 2.75) is 12.5 Å². The van der Waals surface area contributed by atoms with Gasteiger partial charge in [-0.15, -0.1) is 6.58 Å². The fourth-order valence-corrected chi connectivity index (χ4v) is 1.30. The summed E-state index contributed by atoms with van der Waals surface area (Å²) in [7, 11) is 1.65. The van der Waals surface area contributed by atoms with Crippen molar-refractivity contribution in [3.63, 3.8) is 0 Å². The number of methoxy groups -OCH3 is 1. The molecule has 0 fully saturated rings. The Bertz CT molecular complexity index is 282. The molecule has 0 spiro atoms. The van der Waals surface area contributed by atoms with Gasteiger partial charge in [0.2, 0.25) is 0 Å². The highest BCUT2D eigenvalue weighted by Gasteiger charge is 2.06. The van der Waals surface area contributed by atoms with Crippen molar-refractivity contribution in [3.8, 4) is 5.75 Å². The number of benzene rings is 1. The van der Waals surface area contributed by atoms with E-state index < -0.39 is 0 Å². The van der Waals surface area contributed by atoms with Gasteiger partial charge in [0.1, 0.15) is 5.75 Å². The highest BCUT2D eigenvalue weighted by Crippen LogP contribution is 2.19. The van der Waals surface area contributed by atoms with Crippen molar-refractivity contribution >= 4 is 0 Å². The summed E-state index contributed by atoms with van der Waals surface area (Å²) in [6, 6.07) is 7.95. The predicted octanol–water partition coefficient (Wildman–Crippen LogP) is 1.78. The molecule has 0 aliphatic rings. The van der Waals surface area contributed by atoms with Crippen LogP contribution >= 0.6 is 0 Å². The molecule has 3 heteroatoms. The first-order valence-corrected chi connectivity index (χ1v) is 4.52. The number of rotatable bonds is 5. The zero-order chi connectivity index (χ0) is 10.4. The lowest BCUT2D eigenvalue weighted by Gasteiger charge is -2.14. The fourth-order valence-electron chi connectivity index (χ4n) is 1.30. The topological polar surface area (TPSA) is 47.3 Å². The van der Waals surface area contributed by atoms with Crippen LogP contribution in [-0.4, -0.2) is 7.11 Å². The smallest absolute Gasteiger partial charge is 0.118 e. The van der Waals surface area contributed by atoms with Crippen molar-refractivity contribution in [1.82, 2.24) is 5.43 Å². The minimum absolute atomic E-state index is 0.124. The van der Waals surface area contributed by atoms with Crippen molar-refractivity contribution in [1.29, 1.82) is 0 Å². The van der Waals surface area contributed by atoms with Crippen LogP contribution in [0.25, 0.3) is 0 Å². The highest BCUT2D eigenvalue weighted by atomic mass is 16.5. The van der Waals surface area contributed by atoms with E-state index in [1.807, 2.05) is 30.3 Å². The summed E-state index contributed by atoms with van der Waals surface area (Å²) >= 11 is 0. The van der Waals surface area contributed by atoms with Gasteiger partial charge in [0.05, 0.1) is 7.11 Å². The Balaban J connectivity index is 2.77. The van der Waals surface area contributed by atoms with Gasteiger partial charge in [-0.05, 0) is 24.1 Å². The number of nitrogens with two attached hydrogens (primary N) is 1. The van der Waals surface area contributed by atoms with E-state index in [1.54, 1.807) is 7.11 Å². The van der Waals surface area contributed by atoms with Crippen LogP contribution in [-0.2, 0) is 0 Å². The lowest BCUT2D eigenvalue weighted by Crippen LogP contribution is -2.27. The van der Waals surface area contributed by atoms with Crippen LogP contribution in [0.1, 0.15) is 18.0 Å². The Morgan fingerprint density at radius 3 is 2.57 bits per heavy atom. The Hall–Kier alpha value is -1.32. The quantitative estimate of drug-likeness (QED) is 0.424. The second-order valence-corrected chi connectivity index (χ2v) is 3.02. The molecule has 0 aliphatic heterocycles. The average molecular weight is 192 g/mol. The van der Waals surface area contributed by atoms with Crippen LogP contribution in [0.3, 0.4) is 0 Å². The first-order chi connectivity index (χ1) is 6.81. The number of ether oxygens (including phenoxy) is 1. The number of hydrogen-bond donors (Lipinski definition) is 2. The zero-order valence-electron chi connectivity index (χ0n) is 8.36. The predicted molar refractivity (Wildman–Crippen MR) is 57.9 cm³/mol. The maximum atomic E-state index is 5.43. The molecule has 0 amide bonds. The van der Waals surface area contributed by atoms with E-state index in [0.717, 1.165) is 17.7 Å². The summed E-state index contributed by atoms with van der Waals surface area (Å²) in [6.07, 6.45) is 2.65. The Kier molecular flexibility index (Phi) is 4.16. The molecule has 1 aromatic rings. The minimum Gasteiger partial charge on any atom is -0.497 e. The summed E-state index contributed by atoms with van der Waals surface area (Å²) in [5.74, 6) is 6.28. The van der Waals surface area contributed by atoms with Gasteiger partial charge >= 0.3 is 0 Å². The zero-order valence-corrected chi connectivity index (χ0v) is 8.36. The molecular weight excluding hydrogens is 176 g/mol. The van der Waals surface area contributed by atoms with Crippen LogP contribution in [0, 0.1) is 0 Å². The van der Waals surface area contributed by atoms with Gasteiger partial charge in [0, 0.05) is 6.04 Å². The van der Waals surface area contributed by atoms with Crippen LogP contribution in [0.15, 0.2) is 36.9 Å². The van der Waals surface area contributed by atoms with E-state index >= 15 is 0 Å². The van der Waals surface area contributed by atoms with Crippen molar-refractivity contribution in [2.24, 2.45) is 5.84 Å². The van der Waals surface area contributed by atoms with E-state index in [4.69, 9.17) is 10.6 Å². The number of nitrogens with one attached hydrogen (secondary N) is 1. The van der Waals surface area contributed by atoms with Gasteiger partial charge < -0.3 is 4.74 Å². The molecule has 3 N–H and O–H groups in total. The van der Waals surface area contributed by atoms with Crippen LogP contribution in [0.4, 0.5) is 0 Å². The molecule has 0 saturated carbocycles. The molecule has 1 unspecified atom stereocenters. The molecule has 14 heavy (non-hydrogen) atoms. The summed E-state index contributed by atoms with van der Waals surface area (Å²) in [5.41, 5.74) is 3.88. The second-order valence-electron chi connectivity index (χ2n) is 3.02. The highest BCUT2D eigenvalue weighted by molar-refractivity contribution is 5.29. The van der Waals surface area contributed by atoms with Crippen LogP contribution in [0.2, 0.25) is 0 Å². The molecule has 1 atom stereocenters. The minimum atomic E-state index is 0.124. The van der Waals surface area contributed by atoms with E-state index in [0.29, 0.717) is 0 Å². The molecule has 76 valence electrons. The van der Waals surface area contributed by atoms with E-state index in [1.165, 1.54) is 0 Å². The molecule has 0 bridgehead atoms. The maximum absolute atomic E-state index is 5.43. The molecule has 0 aromatic heterocycles.